The van der Waals surface area contributed by atoms with Gasteiger partial charge in [0.05, 0.1) is 6.10 Å². The average Bonchev–Trinajstić information content (AvgIpc) is 2.89. The van der Waals surface area contributed by atoms with E-state index in [2.05, 4.69) is 22.4 Å². The number of nitrogens with zero attached hydrogens (tertiary/aromatic N) is 2. The Labute approximate surface area is 106 Å². The number of rotatable bonds is 5. The van der Waals surface area contributed by atoms with Gasteiger partial charge < -0.3 is 10.1 Å². The molecule has 1 aromatic heterocycles. The molecule has 0 aromatic carbocycles. The molecule has 1 aliphatic heterocycles. The van der Waals surface area contributed by atoms with Gasteiger partial charge in [-0.15, -0.1) is 10.2 Å². The van der Waals surface area contributed by atoms with Crippen molar-refractivity contribution in [2.24, 2.45) is 0 Å². The van der Waals surface area contributed by atoms with E-state index in [1.807, 2.05) is 0 Å². The van der Waals surface area contributed by atoms with Crippen molar-refractivity contribution in [1.29, 1.82) is 0 Å². The maximum absolute atomic E-state index is 5.71. The zero-order chi connectivity index (χ0) is 11.7. The Hall–Kier alpha value is -0.520. The summed E-state index contributed by atoms with van der Waals surface area (Å²) >= 11 is 1.75. The van der Waals surface area contributed by atoms with Crippen LogP contribution in [0.1, 0.15) is 48.5 Å². The predicted molar refractivity (Wildman–Crippen MR) is 67.2 cm³/mol. The molecule has 1 aromatic rings. The molecule has 1 aliphatic carbocycles. The third-order valence-corrected chi connectivity index (χ3v) is 4.59. The highest BCUT2D eigenvalue weighted by molar-refractivity contribution is 7.11. The van der Waals surface area contributed by atoms with Gasteiger partial charge in [0.25, 0.3) is 0 Å². The van der Waals surface area contributed by atoms with Crippen LogP contribution in [0.2, 0.25) is 0 Å². The van der Waals surface area contributed by atoms with Gasteiger partial charge in [-0.2, -0.15) is 0 Å². The molecule has 2 fully saturated rings. The molecule has 2 aliphatic rings. The molecule has 1 N–H and O–H groups in total. The van der Waals surface area contributed by atoms with Crippen LogP contribution in [0.4, 0.5) is 0 Å². The third kappa shape index (κ3) is 2.67. The van der Waals surface area contributed by atoms with Crippen LogP contribution in [0, 0.1) is 0 Å². The molecule has 4 nitrogen and oxygen atoms in total. The van der Waals surface area contributed by atoms with Gasteiger partial charge in [0, 0.05) is 25.1 Å². The van der Waals surface area contributed by atoms with Gasteiger partial charge in [-0.05, 0) is 25.7 Å². The highest BCUT2D eigenvalue weighted by Crippen LogP contribution is 2.34. The van der Waals surface area contributed by atoms with Gasteiger partial charge in [-0.25, -0.2) is 0 Å². The van der Waals surface area contributed by atoms with Crippen molar-refractivity contribution in [3.05, 3.63) is 10.0 Å². The minimum Gasteiger partial charge on any atom is -0.377 e. The van der Waals surface area contributed by atoms with Crippen molar-refractivity contribution in [3.63, 3.8) is 0 Å². The number of nitrogens with one attached hydrogen (secondary N) is 1. The van der Waals surface area contributed by atoms with Crippen LogP contribution in [0.3, 0.4) is 0 Å². The third-order valence-electron chi connectivity index (χ3n) is 3.53. The number of hydrogen-bond donors (Lipinski definition) is 1. The molecule has 1 saturated carbocycles. The zero-order valence-electron chi connectivity index (χ0n) is 10.2. The lowest BCUT2D eigenvalue weighted by Crippen LogP contribution is -2.14. The summed E-state index contributed by atoms with van der Waals surface area (Å²) in [6.45, 7) is 3.94. The number of aromatic nitrogens is 2. The summed E-state index contributed by atoms with van der Waals surface area (Å²) in [5.74, 6) is 0.479. The summed E-state index contributed by atoms with van der Waals surface area (Å²) in [5, 5.41) is 14.4. The lowest BCUT2D eigenvalue weighted by molar-refractivity contribution is 0.100. The van der Waals surface area contributed by atoms with E-state index in [0.717, 1.165) is 37.0 Å². The van der Waals surface area contributed by atoms with Crippen LogP contribution >= 0.6 is 11.3 Å². The van der Waals surface area contributed by atoms with Gasteiger partial charge in [0.15, 0.2) is 0 Å². The quantitative estimate of drug-likeness (QED) is 0.872. The first-order chi connectivity index (χ1) is 8.36. The molecule has 2 unspecified atom stereocenters. The fourth-order valence-electron chi connectivity index (χ4n) is 2.34. The van der Waals surface area contributed by atoms with Crippen molar-refractivity contribution < 1.29 is 4.74 Å². The summed E-state index contributed by atoms with van der Waals surface area (Å²) < 4.78 is 5.71. The normalized spacial score (nSPS) is 28.8. The Balaban J connectivity index is 1.62. The molecule has 0 radical (unpaired) electrons. The smallest absolute Gasteiger partial charge is 0.131 e. The minimum atomic E-state index is 0.354. The minimum absolute atomic E-state index is 0.354. The van der Waals surface area contributed by atoms with Gasteiger partial charge >= 0.3 is 0 Å². The van der Waals surface area contributed by atoms with E-state index >= 15 is 0 Å². The molecular formula is C12H19N3OS. The molecule has 1 saturated heterocycles. The van der Waals surface area contributed by atoms with Crippen LogP contribution in [0.15, 0.2) is 0 Å². The fourth-order valence-corrected chi connectivity index (χ4v) is 3.32. The Morgan fingerprint density at radius 3 is 3.00 bits per heavy atom. The van der Waals surface area contributed by atoms with Gasteiger partial charge in [0.2, 0.25) is 0 Å². The highest BCUT2D eigenvalue weighted by atomic mass is 32.1. The largest absolute Gasteiger partial charge is 0.377 e. The second-order valence-electron chi connectivity index (χ2n) is 4.90. The lowest BCUT2D eigenvalue weighted by Gasteiger charge is -2.12. The van der Waals surface area contributed by atoms with Crippen molar-refractivity contribution in [3.8, 4) is 0 Å². The molecule has 17 heavy (non-hydrogen) atoms. The highest BCUT2D eigenvalue weighted by Gasteiger charge is 2.31. The summed E-state index contributed by atoms with van der Waals surface area (Å²) in [6, 6.07) is 0.737. The van der Waals surface area contributed by atoms with Crippen LogP contribution in [-0.4, -0.2) is 29.0 Å². The van der Waals surface area contributed by atoms with Crippen molar-refractivity contribution in [1.82, 2.24) is 15.5 Å². The number of hydrogen-bond acceptors (Lipinski definition) is 5. The van der Waals surface area contributed by atoms with E-state index in [1.165, 1.54) is 17.8 Å². The summed E-state index contributed by atoms with van der Waals surface area (Å²) in [4.78, 5) is 0. The predicted octanol–water partition coefficient (Wildman–Crippen LogP) is 2.07. The Kier molecular flexibility index (Phi) is 3.40. The molecule has 5 heteroatoms. The van der Waals surface area contributed by atoms with E-state index in [-0.39, 0.29) is 0 Å². The van der Waals surface area contributed by atoms with Crippen molar-refractivity contribution in [2.45, 2.75) is 57.2 Å². The van der Waals surface area contributed by atoms with E-state index in [1.54, 1.807) is 11.3 Å². The first-order valence-electron chi connectivity index (χ1n) is 6.54. The van der Waals surface area contributed by atoms with Crippen LogP contribution in [0.25, 0.3) is 0 Å². The van der Waals surface area contributed by atoms with Crippen LogP contribution < -0.4 is 5.32 Å². The van der Waals surface area contributed by atoms with Crippen LogP contribution in [0.5, 0.6) is 0 Å². The molecule has 94 valence electrons. The van der Waals surface area contributed by atoms with E-state index in [4.69, 9.17) is 4.74 Å². The first kappa shape index (κ1) is 11.6. The second kappa shape index (κ2) is 5.00. The summed E-state index contributed by atoms with van der Waals surface area (Å²) in [7, 11) is 0. The Bertz CT molecular complexity index is 378. The van der Waals surface area contributed by atoms with Crippen LogP contribution in [-0.2, 0) is 11.3 Å². The standard InChI is InChI=1S/C12H19N3OS/c1-2-10-9(5-6-16-10)12-15-14-11(17-12)7-13-8-3-4-8/h8-10,13H,2-7H2,1H3. The average molecular weight is 253 g/mol. The Morgan fingerprint density at radius 1 is 1.35 bits per heavy atom. The van der Waals surface area contributed by atoms with Crippen molar-refractivity contribution >= 4 is 11.3 Å². The van der Waals surface area contributed by atoms with E-state index in [0.29, 0.717) is 12.0 Å². The summed E-state index contributed by atoms with van der Waals surface area (Å²) in [6.07, 6.45) is 5.16. The number of ether oxygens (including phenoxy) is 1. The molecule has 3 rings (SSSR count). The Morgan fingerprint density at radius 2 is 2.24 bits per heavy atom. The first-order valence-corrected chi connectivity index (χ1v) is 7.35. The molecule has 0 bridgehead atoms. The molecular weight excluding hydrogens is 234 g/mol. The fraction of sp³-hybridized carbons (Fsp3) is 0.833. The maximum Gasteiger partial charge on any atom is 0.131 e. The topological polar surface area (TPSA) is 47.0 Å². The van der Waals surface area contributed by atoms with Gasteiger partial charge in [0.1, 0.15) is 10.0 Å². The maximum atomic E-state index is 5.71. The molecule has 0 amide bonds. The lowest BCUT2D eigenvalue weighted by atomic mass is 10.0. The SMILES string of the molecule is CCC1OCCC1c1nnc(CNC2CC2)s1. The monoisotopic (exact) mass is 253 g/mol. The summed E-state index contributed by atoms with van der Waals surface area (Å²) in [5.41, 5.74) is 0. The van der Waals surface area contributed by atoms with E-state index < -0.39 is 0 Å². The van der Waals surface area contributed by atoms with E-state index in [9.17, 15) is 0 Å². The molecule has 2 atom stereocenters. The zero-order valence-corrected chi connectivity index (χ0v) is 11.0. The molecule has 0 spiro atoms. The van der Waals surface area contributed by atoms with Gasteiger partial charge in [-0.3, -0.25) is 0 Å². The van der Waals surface area contributed by atoms with Crippen molar-refractivity contribution in [2.75, 3.05) is 6.61 Å². The second-order valence-corrected chi connectivity index (χ2v) is 6.00. The van der Waals surface area contributed by atoms with Gasteiger partial charge in [-0.1, -0.05) is 18.3 Å². The molecule has 2 heterocycles.